The summed E-state index contributed by atoms with van der Waals surface area (Å²) in [5.41, 5.74) is 6.02. The number of hydrogen-bond donors (Lipinski definition) is 2. The van der Waals surface area contributed by atoms with Crippen molar-refractivity contribution in [2.24, 2.45) is 11.7 Å². The molecule has 0 spiro atoms. The average molecular weight is 210 g/mol. The van der Waals surface area contributed by atoms with Crippen molar-refractivity contribution in [3.8, 4) is 0 Å². The maximum absolute atomic E-state index is 6.02. The van der Waals surface area contributed by atoms with Crippen molar-refractivity contribution in [2.75, 3.05) is 0 Å². The summed E-state index contributed by atoms with van der Waals surface area (Å²) in [6.07, 6.45) is 14.2. The second kappa shape index (κ2) is 5.86. The van der Waals surface area contributed by atoms with Crippen molar-refractivity contribution in [3.63, 3.8) is 0 Å². The maximum atomic E-state index is 6.02. The third-order valence-corrected chi connectivity index (χ3v) is 4.11. The maximum Gasteiger partial charge on any atom is 0.0548 e. The van der Waals surface area contributed by atoms with E-state index >= 15 is 0 Å². The fourth-order valence-corrected chi connectivity index (χ4v) is 3.24. The van der Waals surface area contributed by atoms with Gasteiger partial charge in [-0.3, -0.25) is 5.32 Å². The first-order valence-corrected chi connectivity index (χ1v) is 6.86. The van der Waals surface area contributed by atoms with Crippen LogP contribution < -0.4 is 11.1 Å². The Morgan fingerprint density at radius 2 is 1.53 bits per heavy atom. The van der Waals surface area contributed by atoms with Gasteiger partial charge in [0.2, 0.25) is 0 Å². The summed E-state index contributed by atoms with van der Waals surface area (Å²) in [5.74, 6) is 0.988. The predicted molar refractivity (Wildman–Crippen MR) is 64.6 cm³/mol. The zero-order valence-electron chi connectivity index (χ0n) is 9.88. The van der Waals surface area contributed by atoms with E-state index in [1.165, 1.54) is 64.2 Å². The van der Waals surface area contributed by atoms with Crippen LogP contribution in [0.4, 0.5) is 0 Å². The minimum Gasteiger partial charge on any atom is -0.316 e. The summed E-state index contributed by atoms with van der Waals surface area (Å²) in [4.78, 5) is 0. The molecule has 0 radical (unpaired) electrons. The molecule has 2 aliphatic rings. The Labute approximate surface area is 94.0 Å². The molecule has 0 aromatic rings. The van der Waals surface area contributed by atoms with Gasteiger partial charge in [0.05, 0.1) is 6.17 Å². The Balaban J connectivity index is 1.76. The Morgan fingerprint density at radius 1 is 0.867 bits per heavy atom. The van der Waals surface area contributed by atoms with Gasteiger partial charge in [-0.05, 0) is 25.2 Å². The molecule has 1 saturated heterocycles. The largest absolute Gasteiger partial charge is 0.316 e. The highest BCUT2D eigenvalue weighted by Gasteiger charge is 2.21. The third-order valence-electron chi connectivity index (χ3n) is 4.11. The summed E-state index contributed by atoms with van der Waals surface area (Å²) in [6, 6.07) is 0.714. The van der Waals surface area contributed by atoms with Gasteiger partial charge in [-0.2, -0.15) is 0 Å². The average Bonchev–Trinajstić information content (AvgIpc) is 2.44. The van der Waals surface area contributed by atoms with Gasteiger partial charge < -0.3 is 5.73 Å². The predicted octanol–water partition coefficient (Wildman–Crippen LogP) is 2.77. The lowest BCUT2D eigenvalue weighted by molar-refractivity contribution is 0.284. The van der Waals surface area contributed by atoms with Crippen LogP contribution in [0.1, 0.15) is 64.2 Å². The van der Waals surface area contributed by atoms with Crippen LogP contribution in [-0.4, -0.2) is 12.2 Å². The summed E-state index contributed by atoms with van der Waals surface area (Å²) >= 11 is 0. The molecule has 1 aliphatic carbocycles. The Morgan fingerprint density at radius 3 is 2.33 bits per heavy atom. The van der Waals surface area contributed by atoms with E-state index in [0.717, 1.165) is 5.92 Å². The Bertz CT molecular complexity index is 175. The van der Waals surface area contributed by atoms with Gasteiger partial charge in [0, 0.05) is 6.04 Å². The van der Waals surface area contributed by atoms with E-state index in [-0.39, 0.29) is 6.17 Å². The lowest BCUT2D eigenvalue weighted by atomic mass is 9.84. The van der Waals surface area contributed by atoms with E-state index in [4.69, 9.17) is 5.73 Å². The third kappa shape index (κ3) is 3.76. The highest BCUT2D eigenvalue weighted by molar-refractivity contribution is 4.79. The molecule has 15 heavy (non-hydrogen) atoms. The normalized spacial score (nSPS) is 35.0. The molecular weight excluding hydrogens is 184 g/mol. The molecule has 1 saturated carbocycles. The van der Waals surface area contributed by atoms with E-state index in [1.807, 2.05) is 0 Å². The zero-order valence-corrected chi connectivity index (χ0v) is 9.88. The topological polar surface area (TPSA) is 38.0 Å². The molecule has 2 nitrogen and oxygen atoms in total. The Kier molecular flexibility index (Phi) is 4.45. The first-order valence-electron chi connectivity index (χ1n) is 6.86. The van der Waals surface area contributed by atoms with Gasteiger partial charge in [-0.25, -0.2) is 0 Å². The monoisotopic (exact) mass is 210 g/mol. The molecule has 2 heteroatoms. The second-order valence-electron chi connectivity index (χ2n) is 5.49. The molecule has 2 fully saturated rings. The van der Waals surface area contributed by atoms with Crippen molar-refractivity contribution >= 4 is 0 Å². The molecule has 0 amide bonds. The molecule has 88 valence electrons. The molecular formula is C13H26N2. The minimum absolute atomic E-state index is 0.265. The van der Waals surface area contributed by atoms with Crippen molar-refractivity contribution in [3.05, 3.63) is 0 Å². The second-order valence-corrected chi connectivity index (χ2v) is 5.49. The number of hydrogen-bond acceptors (Lipinski definition) is 2. The fourth-order valence-electron chi connectivity index (χ4n) is 3.24. The molecule has 0 aromatic heterocycles. The number of nitrogens with two attached hydrogens (primary N) is 1. The molecule has 1 heterocycles. The summed E-state index contributed by atoms with van der Waals surface area (Å²) in [5, 5.41) is 3.60. The van der Waals surface area contributed by atoms with Gasteiger partial charge in [0.1, 0.15) is 0 Å². The van der Waals surface area contributed by atoms with Crippen LogP contribution in [0.5, 0.6) is 0 Å². The van der Waals surface area contributed by atoms with Gasteiger partial charge in [0.15, 0.2) is 0 Å². The van der Waals surface area contributed by atoms with Crippen LogP contribution in [0.15, 0.2) is 0 Å². The van der Waals surface area contributed by atoms with Gasteiger partial charge in [0.25, 0.3) is 0 Å². The highest BCUT2D eigenvalue weighted by atomic mass is 15.0. The SMILES string of the molecule is NC1CCCCC(CC2CCCCC2)N1. The minimum atomic E-state index is 0.265. The lowest BCUT2D eigenvalue weighted by Crippen LogP contribution is -2.43. The summed E-state index contributed by atoms with van der Waals surface area (Å²) in [7, 11) is 0. The summed E-state index contributed by atoms with van der Waals surface area (Å²) < 4.78 is 0. The van der Waals surface area contributed by atoms with Crippen LogP contribution in [-0.2, 0) is 0 Å². The van der Waals surface area contributed by atoms with Crippen LogP contribution in [0.3, 0.4) is 0 Å². The number of nitrogens with one attached hydrogen (secondary N) is 1. The first kappa shape index (κ1) is 11.4. The van der Waals surface area contributed by atoms with E-state index in [2.05, 4.69) is 5.32 Å². The fraction of sp³-hybridized carbons (Fsp3) is 1.00. The smallest absolute Gasteiger partial charge is 0.0548 e. The molecule has 0 aromatic carbocycles. The van der Waals surface area contributed by atoms with Crippen molar-refractivity contribution in [1.82, 2.24) is 5.32 Å². The van der Waals surface area contributed by atoms with E-state index in [1.54, 1.807) is 0 Å². The van der Waals surface area contributed by atoms with Gasteiger partial charge in [-0.15, -0.1) is 0 Å². The highest BCUT2D eigenvalue weighted by Crippen LogP contribution is 2.29. The molecule has 2 atom stereocenters. The van der Waals surface area contributed by atoms with Crippen LogP contribution in [0.2, 0.25) is 0 Å². The van der Waals surface area contributed by atoms with Gasteiger partial charge in [-0.1, -0.05) is 44.9 Å². The van der Waals surface area contributed by atoms with Gasteiger partial charge >= 0.3 is 0 Å². The molecule has 3 N–H and O–H groups in total. The molecule has 2 rings (SSSR count). The van der Waals surface area contributed by atoms with Crippen LogP contribution in [0.25, 0.3) is 0 Å². The standard InChI is InChI=1S/C13H26N2/c14-13-9-5-4-8-12(15-13)10-11-6-2-1-3-7-11/h11-13,15H,1-10,14H2. The van der Waals surface area contributed by atoms with Crippen LogP contribution >= 0.6 is 0 Å². The Hall–Kier alpha value is -0.0800. The lowest BCUT2D eigenvalue weighted by Gasteiger charge is -2.27. The quantitative estimate of drug-likeness (QED) is 0.735. The molecule has 1 aliphatic heterocycles. The first-order chi connectivity index (χ1) is 7.34. The van der Waals surface area contributed by atoms with E-state index < -0.39 is 0 Å². The van der Waals surface area contributed by atoms with Crippen molar-refractivity contribution in [1.29, 1.82) is 0 Å². The van der Waals surface area contributed by atoms with Crippen molar-refractivity contribution < 1.29 is 0 Å². The zero-order chi connectivity index (χ0) is 10.5. The summed E-state index contributed by atoms with van der Waals surface area (Å²) in [6.45, 7) is 0. The van der Waals surface area contributed by atoms with E-state index in [9.17, 15) is 0 Å². The number of rotatable bonds is 2. The van der Waals surface area contributed by atoms with Crippen LogP contribution in [0, 0.1) is 5.92 Å². The van der Waals surface area contributed by atoms with Crippen molar-refractivity contribution in [2.45, 2.75) is 76.4 Å². The van der Waals surface area contributed by atoms with E-state index in [0.29, 0.717) is 6.04 Å². The molecule has 0 bridgehead atoms. The molecule has 2 unspecified atom stereocenters.